The maximum absolute atomic E-state index is 11.9. The number of aromatic nitrogens is 3. The quantitative estimate of drug-likeness (QED) is 0.802. The summed E-state index contributed by atoms with van der Waals surface area (Å²) in [7, 11) is 1.83. The highest BCUT2D eigenvalue weighted by Crippen LogP contribution is 2.09. The van der Waals surface area contributed by atoms with Crippen molar-refractivity contribution in [2.24, 2.45) is 7.05 Å². The molecule has 0 fully saturated rings. The third kappa shape index (κ3) is 3.88. The summed E-state index contributed by atoms with van der Waals surface area (Å²) >= 11 is 0. The van der Waals surface area contributed by atoms with Crippen LogP contribution in [-0.2, 0) is 24.7 Å². The summed E-state index contributed by atoms with van der Waals surface area (Å²) in [4.78, 5) is 22.9. The van der Waals surface area contributed by atoms with Gasteiger partial charge < -0.3 is 15.0 Å². The van der Waals surface area contributed by atoms with E-state index in [1.54, 1.807) is 29.1 Å². The number of nitrogens with one attached hydrogen (secondary N) is 1. The third-order valence-corrected chi connectivity index (χ3v) is 3.07. The molecule has 0 atom stereocenters. The molecule has 0 spiro atoms. The van der Waals surface area contributed by atoms with Crippen LogP contribution >= 0.6 is 0 Å². The minimum absolute atomic E-state index is 0.0429. The van der Waals surface area contributed by atoms with Crippen LogP contribution < -0.4 is 5.32 Å². The monoisotopic (exact) mass is 288 g/mol. The van der Waals surface area contributed by atoms with E-state index in [4.69, 9.17) is 5.11 Å². The standard InChI is InChI=1S/C14H16N4O3/c1-18-9-16-17-12(18)6-7-15-13(19)8-10-4-2-3-5-11(10)14(20)21/h2-5,9H,6-8H2,1H3,(H,15,19)(H,20,21). The van der Waals surface area contributed by atoms with Crippen molar-refractivity contribution in [3.8, 4) is 0 Å². The highest BCUT2D eigenvalue weighted by molar-refractivity contribution is 5.91. The average molecular weight is 288 g/mol. The fourth-order valence-electron chi connectivity index (χ4n) is 1.97. The van der Waals surface area contributed by atoms with Gasteiger partial charge in [-0.05, 0) is 11.6 Å². The Labute approximate surface area is 121 Å². The van der Waals surface area contributed by atoms with Gasteiger partial charge in [0.2, 0.25) is 5.91 Å². The molecule has 1 heterocycles. The van der Waals surface area contributed by atoms with E-state index in [1.807, 2.05) is 7.05 Å². The molecule has 1 amide bonds. The molecule has 0 aliphatic heterocycles. The molecule has 0 aliphatic carbocycles. The van der Waals surface area contributed by atoms with Crippen molar-refractivity contribution < 1.29 is 14.7 Å². The van der Waals surface area contributed by atoms with Crippen LogP contribution in [0.25, 0.3) is 0 Å². The van der Waals surface area contributed by atoms with E-state index < -0.39 is 5.97 Å². The zero-order valence-corrected chi connectivity index (χ0v) is 11.6. The third-order valence-electron chi connectivity index (χ3n) is 3.07. The molecule has 7 nitrogen and oxygen atoms in total. The van der Waals surface area contributed by atoms with Crippen molar-refractivity contribution in [3.05, 3.63) is 47.5 Å². The second-order valence-corrected chi connectivity index (χ2v) is 4.60. The molecule has 0 saturated heterocycles. The van der Waals surface area contributed by atoms with Gasteiger partial charge in [0, 0.05) is 20.0 Å². The van der Waals surface area contributed by atoms with E-state index in [1.165, 1.54) is 6.07 Å². The Morgan fingerprint density at radius 3 is 2.76 bits per heavy atom. The minimum atomic E-state index is -1.03. The highest BCUT2D eigenvalue weighted by atomic mass is 16.4. The van der Waals surface area contributed by atoms with Crippen molar-refractivity contribution in [1.82, 2.24) is 20.1 Å². The van der Waals surface area contributed by atoms with E-state index >= 15 is 0 Å². The number of benzene rings is 1. The molecule has 1 aromatic carbocycles. The Kier molecular flexibility index (Phi) is 4.65. The summed E-state index contributed by atoms with van der Waals surface area (Å²) in [6.07, 6.45) is 2.21. The molecular weight excluding hydrogens is 272 g/mol. The Bertz CT molecular complexity index is 651. The molecule has 0 radical (unpaired) electrons. The number of nitrogens with zero attached hydrogens (tertiary/aromatic N) is 3. The summed E-state index contributed by atoms with van der Waals surface area (Å²) < 4.78 is 1.78. The summed E-state index contributed by atoms with van der Waals surface area (Å²) in [5.74, 6) is -0.468. The van der Waals surface area contributed by atoms with Gasteiger partial charge in [0.05, 0.1) is 12.0 Å². The van der Waals surface area contributed by atoms with Gasteiger partial charge in [0.15, 0.2) is 0 Å². The van der Waals surface area contributed by atoms with Gasteiger partial charge in [0.1, 0.15) is 12.2 Å². The molecule has 0 saturated carbocycles. The largest absolute Gasteiger partial charge is 0.478 e. The van der Waals surface area contributed by atoms with E-state index in [2.05, 4.69) is 15.5 Å². The number of carbonyl (C=O) groups excluding carboxylic acids is 1. The first-order valence-electron chi connectivity index (χ1n) is 6.48. The lowest BCUT2D eigenvalue weighted by molar-refractivity contribution is -0.120. The Hall–Kier alpha value is -2.70. The van der Waals surface area contributed by atoms with Crippen molar-refractivity contribution in [2.75, 3.05) is 6.54 Å². The predicted molar refractivity (Wildman–Crippen MR) is 74.8 cm³/mol. The molecule has 0 unspecified atom stereocenters. The molecule has 21 heavy (non-hydrogen) atoms. The van der Waals surface area contributed by atoms with Gasteiger partial charge in [0.25, 0.3) is 0 Å². The fourth-order valence-corrected chi connectivity index (χ4v) is 1.97. The smallest absolute Gasteiger partial charge is 0.335 e. The van der Waals surface area contributed by atoms with Crippen LogP contribution in [-0.4, -0.2) is 38.3 Å². The van der Waals surface area contributed by atoms with Crippen molar-refractivity contribution in [2.45, 2.75) is 12.8 Å². The van der Waals surface area contributed by atoms with Crippen molar-refractivity contribution in [1.29, 1.82) is 0 Å². The van der Waals surface area contributed by atoms with Crippen LogP contribution in [0.1, 0.15) is 21.7 Å². The van der Waals surface area contributed by atoms with Crippen LogP contribution in [0.3, 0.4) is 0 Å². The van der Waals surface area contributed by atoms with Gasteiger partial charge in [-0.25, -0.2) is 4.79 Å². The summed E-state index contributed by atoms with van der Waals surface area (Å²) in [5, 5.41) is 19.5. The second kappa shape index (κ2) is 6.65. The maximum Gasteiger partial charge on any atom is 0.335 e. The topological polar surface area (TPSA) is 97.1 Å². The maximum atomic E-state index is 11.9. The van der Waals surface area contributed by atoms with Gasteiger partial charge in [-0.2, -0.15) is 0 Å². The number of hydrogen-bond donors (Lipinski definition) is 2. The first-order valence-corrected chi connectivity index (χ1v) is 6.48. The highest BCUT2D eigenvalue weighted by Gasteiger charge is 2.12. The lowest BCUT2D eigenvalue weighted by atomic mass is 10.0. The molecular formula is C14H16N4O3. The molecule has 0 bridgehead atoms. The van der Waals surface area contributed by atoms with Gasteiger partial charge >= 0.3 is 5.97 Å². The summed E-state index contributed by atoms with van der Waals surface area (Å²) in [5.41, 5.74) is 0.655. The molecule has 2 N–H and O–H groups in total. The van der Waals surface area contributed by atoms with E-state index in [0.29, 0.717) is 18.5 Å². The Morgan fingerprint density at radius 2 is 2.10 bits per heavy atom. The predicted octanol–water partition coefficient (Wildman–Crippen LogP) is 0.415. The van der Waals surface area contributed by atoms with Crippen LogP contribution in [0, 0.1) is 0 Å². The number of carbonyl (C=O) groups is 2. The fraction of sp³-hybridized carbons (Fsp3) is 0.286. The molecule has 0 aliphatic rings. The Balaban J connectivity index is 1.88. The van der Waals surface area contributed by atoms with Gasteiger partial charge in [-0.15, -0.1) is 10.2 Å². The molecule has 110 valence electrons. The van der Waals surface area contributed by atoms with Crippen LogP contribution in [0.2, 0.25) is 0 Å². The molecule has 1 aromatic heterocycles. The number of carboxylic acid groups (broad SMARTS) is 1. The average Bonchev–Trinajstić information content (AvgIpc) is 2.85. The Morgan fingerprint density at radius 1 is 1.33 bits per heavy atom. The number of aryl methyl sites for hydroxylation is 1. The summed E-state index contributed by atoms with van der Waals surface area (Å²) in [6, 6.07) is 6.49. The molecule has 2 aromatic rings. The first kappa shape index (κ1) is 14.7. The number of aromatic carboxylic acids is 1. The van der Waals surface area contributed by atoms with Gasteiger partial charge in [-0.1, -0.05) is 18.2 Å². The van der Waals surface area contributed by atoms with E-state index in [9.17, 15) is 9.59 Å². The lowest BCUT2D eigenvalue weighted by Crippen LogP contribution is -2.28. The van der Waals surface area contributed by atoms with Crippen molar-refractivity contribution in [3.63, 3.8) is 0 Å². The number of carboxylic acids is 1. The van der Waals surface area contributed by atoms with E-state index in [0.717, 1.165) is 5.82 Å². The molecule has 2 rings (SSSR count). The lowest BCUT2D eigenvalue weighted by Gasteiger charge is -2.07. The zero-order chi connectivity index (χ0) is 15.2. The van der Waals surface area contributed by atoms with Crippen molar-refractivity contribution >= 4 is 11.9 Å². The number of rotatable bonds is 6. The number of hydrogen-bond acceptors (Lipinski definition) is 4. The zero-order valence-electron chi connectivity index (χ0n) is 11.6. The van der Waals surface area contributed by atoms with Crippen LogP contribution in [0.5, 0.6) is 0 Å². The van der Waals surface area contributed by atoms with Crippen LogP contribution in [0.15, 0.2) is 30.6 Å². The van der Waals surface area contributed by atoms with Crippen LogP contribution in [0.4, 0.5) is 0 Å². The molecule has 7 heteroatoms. The van der Waals surface area contributed by atoms with E-state index in [-0.39, 0.29) is 17.9 Å². The second-order valence-electron chi connectivity index (χ2n) is 4.60. The first-order chi connectivity index (χ1) is 10.1. The SMILES string of the molecule is Cn1cnnc1CCNC(=O)Cc1ccccc1C(=O)O. The van der Waals surface area contributed by atoms with Gasteiger partial charge in [-0.3, -0.25) is 4.79 Å². The number of amides is 1. The summed E-state index contributed by atoms with van der Waals surface area (Å²) in [6.45, 7) is 0.431. The minimum Gasteiger partial charge on any atom is -0.478 e. The normalized spacial score (nSPS) is 10.3.